The van der Waals surface area contributed by atoms with Gasteiger partial charge in [0.1, 0.15) is 17.7 Å². The van der Waals surface area contributed by atoms with Crippen LogP contribution in [0.25, 0.3) is 0 Å². The van der Waals surface area contributed by atoms with E-state index in [-0.39, 0.29) is 37.0 Å². The zero-order chi connectivity index (χ0) is 34.1. The average Bonchev–Trinajstić information content (AvgIpc) is 3.68. The lowest BCUT2D eigenvalue weighted by Gasteiger charge is -2.27. The molecule has 3 atom stereocenters. The smallest absolute Gasteiger partial charge is 0.412 e. The molecule has 0 bridgehead atoms. The van der Waals surface area contributed by atoms with Crippen LogP contribution in [0.3, 0.4) is 0 Å². The van der Waals surface area contributed by atoms with Crippen LogP contribution in [-0.2, 0) is 43.3 Å². The van der Waals surface area contributed by atoms with Crippen LogP contribution >= 0.6 is 0 Å². The molecule has 0 saturated heterocycles. The average molecular weight is 648 g/mol. The van der Waals surface area contributed by atoms with Gasteiger partial charge in [0.2, 0.25) is 23.6 Å². The number of nitrogens with zero attached hydrogens (tertiary/aromatic N) is 4. The third kappa shape index (κ3) is 9.58. The highest BCUT2D eigenvalue weighted by atomic mass is 16.6. The van der Waals surface area contributed by atoms with E-state index in [0.29, 0.717) is 23.4 Å². The summed E-state index contributed by atoms with van der Waals surface area (Å²) in [5.41, 5.74) is 1.51. The fraction of sp³-hybridized carbons (Fsp3) is 0.438. The van der Waals surface area contributed by atoms with Gasteiger partial charge in [-0.05, 0) is 49.9 Å². The van der Waals surface area contributed by atoms with Crippen molar-refractivity contribution in [3.05, 3.63) is 65.5 Å². The Labute approximate surface area is 272 Å². The lowest BCUT2D eigenvalue weighted by molar-refractivity contribution is -0.131. The quantitative estimate of drug-likeness (QED) is 0.195. The van der Waals surface area contributed by atoms with Gasteiger partial charge in [-0.25, -0.2) is 4.79 Å². The Bertz CT molecular complexity index is 1570. The molecule has 0 saturated carbocycles. The van der Waals surface area contributed by atoms with Crippen molar-refractivity contribution in [3.8, 4) is 0 Å². The maximum absolute atomic E-state index is 13.8. The minimum atomic E-state index is -0.964. The molecule has 0 radical (unpaired) electrons. The summed E-state index contributed by atoms with van der Waals surface area (Å²) in [6, 6.07) is 12.3. The van der Waals surface area contributed by atoms with Gasteiger partial charge in [-0.2, -0.15) is 5.21 Å². The van der Waals surface area contributed by atoms with Crippen LogP contribution < -0.4 is 26.2 Å². The molecule has 0 fully saturated rings. The van der Waals surface area contributed by atoms with Gasteiger partial charge >= 0.3 is 6.09 Å². The molecule has 250 valence electrons. The Morgan fingerprint density at radius 3 is 2.47 bits per heavy atom. The molecule has 47 heavy (non-hydrogen) atoms. The Morgan fingerprint density at radius 2 is 1.81 bits per heavy atom. The van der Waals surface area contributed by atoms with E-state index >= 15 is 0 Å². The third-order valence-electron chi connectivity index (χ3n) is 7.53. The Balaban J connectivity index is 1.50. The number of amides is 5. The number of carbonyl (C=O) groups excluding carboxylic acids is 5. The first-order valence-corrected chi connectivity index (χ1v) is 15.4. The minimum absolute atomic E-state index is 0.0222. The zero-order valence-electron chi connectivity index (χ0n) is 27.1. The summed E-state index contributed by atoms with van der Waals surface area (Å²) < 4.78 is 5.35. The number of fused-ring (bicyclic) bond motifs is 1. The number of rotatable bonds is 12. The standard InChI is InChI=1S/C32H41N9O6/c1-6-19(2)28(36-26(42)14-20-10-8-7-9-11-20)30(45)34-18-27(43)41-23-16-22(35-31(46)47-32(3,4)5)13-12-21(23)15-24(41)29(44)33-17-25-37-39-40-38-25/h7-13,16,19,24,28H,6,14-15,17-18H2,1-5H3,(H,33,44)(H,34,45)(H,35,46)(H,36,42)(H,37,38,39,40)/t19-,24-,28-/m0/s1. The van der Waals surface area contributed by atoms with E-state index in [9.17, 15) is 24.0 Å². The number of H-pyrrole nitrogens is 1. The van der Waals surface area contributed by atoms with Crippen molar-refractivity contribution >= 4 is 41.1 Å². The maximum atomic E-state index is 13.8. The lowest BCUT2D eigenvalue weighted by Crippen LogP contribution is -2.54. The summed E-state index contributed by atoms with van der Waals surface area (Å²) in [7, 11) is 0. The second-order valence-electron chi connectivity index (χ2n) is 12.3. The van der Waals surface area contributed by atoms with Crippen LogP contribution in [0.5, 0.6) is 0 Å². The van der Waals surface area contributed by atoms with Crippen LogP contribution in [0.15, 0.2) is 48.5 Å². The predicted octanol–water partition coefficient (Wildman–Crippen LogP) is 2.01. The molecule has 2 aromatic carbocycles. The van der Waals surface area contributed by atoms with E-state index in [1.165, 1.54) is 4.90 Å². The van der Waals surface area contributed by atoms with Gasteiger partial charge in [0.25, 0.3) is 0 Å². The molecule has 15 nitrogen and oxygen atoms in total. The van der Waals surface area contributed by atoms with Crippen molar-refractivity contribution in [2.75, 3.05) is 16.8 Å². The van der Waals surface area contributed by atoms with Crippen LogP contribution in [-0.4, -0.2) is 74.6 Å². The first-order chi connectivity index (χ1) is 22.3. The predicted molar refractivity (Wildman–Crippen MR) is 172 cm³/mol. The number of aromatic amines is 1. The third-order valence-corrected chi connectivity index (χ3v) is 7.53. The topological polar surface area (TPSA) is 200 Å². The highest BCUT2D eigenvalue weighted by Crippen LogP contribution is 2.35. The number of tetrazole rings is 1. The number of aromatic nitrogens is 4. The van der Waals surface area contributed by atoms with Gasteiger partial charge in [-0.15, -0.1) is 10.2 Å². The van der Waals surface area contributed by atoms with Crippen LogP contribution in [0, 0.1) is 5.92 Å². The van der Waals surface area contributed by atoms with Crippen LogP contribution in [0.1, 0.15) is 58.0 Å². The van der Waals surface area contributed by atoms with Crippen molar-refractivity contribution in [2.45, 2.75) is 78.1 Å². The molecule has 0 unspecified atom stereocenters. The van der Waals surface area contributed by atoms with Gasteiger partial charge < -0.3 is 20.7 Å². The van der Waals surface area contributed by atoms with Crippen LogP contribution in [0.4, 0.5) is 16.2 Å². The number of ether oxygens (including phenoxy) is 1. The highest BCUT2D eigenvalue weighted by Gasteiger charge is 2.39. The number of benzene rings is 2. The fourth-order valence-corrected chi connectivity index (χ4v) is 5.05. The summed E-state index contributed by atoms with van der Waals surface area (Å²) >= 11 is 0. The summed E-state index contributed by atoms with van der Waals surface area (Å²) in [6.45, 7) is 8.49. The number of hydrogen-bond acceptors (Lipinski definition) is 9. The molecule has 5 amide bonds. The van der Waals surface area contributed by atoms with E-state index < -0.39 is 48.0 Å². The summed E-state index contributed by atoms with van der Waals surface area (Å²) in [5.74, 6) is -1.84. The van der Waals surface area contributed by atoms with E-state index in [1.54, 1.807) is 39.0 Å². The molecule has 1 aromatic heterocycles. The molecule has 2 heterocycles. The summed E-state index contributed by atoms with van der Waals surface area (Å²) in [6.07, 6.45) is 0.212. The van der Waals surface area contributed by atoms with Gasteiger partial charge in [0.15, 0.2) is 5.82 Å². The van der Waals surface area contributed by atoms with E-state index in [0.717, 1.165) is 5.56 Å². The van der Waals surface area contributed by atoms with Gasteiger partial charge in [-0.3, -0.25) is 29.4 Å². The highest BCUT2D eigenvalue weighted by molar-refractivity contribution is 6.06. The Morgan fingerprint density at radius 1 is 1.06 bits per heavy atom. The molecule has 1 aliphatic heterocycles. The first-order valence-electron chi connectivity index (χ1n) is 15.4. The van der Waals surface area contributed by atoms with E-state index in [1.807, 2.05) is 44.2 Å². The second kappa shape index (κ2) is 15.3. The molecule has 0 aliphatic carbocycles. The number of anilines is 2. The first kappa shape index (κ1) is 34.5. The molecule has 5 N–H and O–H groups in total. The fourth-order valence-electron chi connectivity index (χ4n) is 5.05. The largest absolute Gasteiger partial charge is 0.444 e. The molecule has 15 heteroatoms. The second-order valence-corrected chi connectivity index (χ2v) is 12.3. The van der Waals surface area contributed by atoms with Crippen molar-refractivity contribution in [3.63, 3.8) is 0 Å². The Hall–Kier alpha value is -5.34. The van der Waals surface area contributed by atoms with Crippen LogP contribution in [0.2, 0.25) is 0 Å². The van der Waals surface area contributed by atoms with Gasteiger partial charge in [0, 0.05) is 17.8 Å². The normalized spacial score (nSPS) is 15.2. The molecular weight excluding hydrogens is 606 g/mol. The van der Waals surface area contributed by atoms with E-state index in [4.69, 9.17) is 4.74 Å². The van der Waals surface area contributed by atoms with Crippen molar-refractivity contribution < 1.29 is 28.7 Å². The maximum Gasteiger partial charge on any atom is 0.412 e. The number of carbonyl (C=O) groups is 5. The minimum Gasteiger partial charge on any atom is -0.444 e. The van der Waals surface area contributed by atoms with Crippen molar-refractivity contribution in [2.24, 2.45) is 5.92 Å². The molecular formula is C32H41N9O6. The number of hydrogen-bond donors (Lipinski definition) is 5. The lowest BCUT2D eigenvalue weighted by atomic mass is 9.98. The molecule has 1 aliphatic rings. The van der Waals surface area contributed by atoms with Gasteiger partial charge in [-0.1, -0.05) is 61.9 Å². The monoisotopic (exact) mass is 647 g/mol. The summed E-state index contributed by atoms with van der Waals surface area (Å²) in [5, 5.41) is 24.3. The van der Waals surface area contributed by atoms with E-state index in [2.05, 4.69) is 41.9 Å². The molecule has 3 aromatic rings. The number of nitrogens with one attached hydrogen (secondary N) is 5. The Kier molecular flexibility index (Phi) is 11.2. The SMILES string of the molecule is CC[C@H](C)[C@H](NC(=O)Cc1ccccc1)C(=O)NCC(=O)N1c2cc(NC(=O)OC(C)(C)C)ccc2C[C@H]1C(=O)NCc1nn[nH]n1. The summed E-state index contributed by atoms with van der Waals surface area (Å²) in [4.78, 5) is 67.1. The molecule has 0 spiro atoms. The van der Waals surface area contributed by atoms with Crippen molar-refractivity contribution in [1.29, 1.82) is 0 Å². The van der Waals surface area contributed by atoms with Gasteiger partial charge in [0.05, 0.1) is 19.5 Å². The zero-order valence-corrected chi connectivity index (χ0v) is 27.1. The molecule has 4 rings (SSSR count). The van der Waals surface area contributed by atoms with Crippen molar-refractivity contribution in [1.82, 2.24) is 36.6 Å².